The molecule has 0 saturated carbocycles. The van der Waals surface area contributed by atoms with Gasteiger partial charge in [-0.25, -0.2) is 5.48 Å². The minimum absolute atomic E-state index is 0.150. The molecule has 3 aromatic rings. The van der Waals surface area contributed by atoms with Crippen molar-refractivity contribution < 1.29 is 24.7 Å². The highest BCUT2D eigenvalue weighted by molar-refractivity contribution is 5.98. The molecule has 0 saturated heterocycles. The summed E-state index contributed by atoms with van der Waals surface area (Å²) in [4.78, 5) is 38.4. The Bertz CT molecular complexity index is 1230. The molecule has 3 aromatic carbocycles. The third-order valence-corrected chi connectivity index (χ3v) is 5.88. The predicted molar refractivity (Wildman–Crippen MR) is 146 cm³/mol. The summed E-state index contributed by atoms with van der Waals surface area (Å²) in [6.45, 7) is 2.09. The van der Waals surface area contributed by atoms with Crippen LogP contribution in [0.4, 0.5) is 11.4 Å². The summed E-state index contributed by atoms with van der Waals surface area (Å²) in [5.41, 5.74) is 6.32. The molecule has 0 aromatic heterocycles. The monoisotopic (exact) mass is 519 g/mol. The number of carbonyl (C=O) groups excluding carboxylic acids is 3. The van der Waals surface area contributed by atoms with E-state index < -0.39 is 24.0 Å². The summed E-state index contributed by atoms with van der Waals surface area (Å²) in [6.07, 6.45) is -1.19. The number of amides is 3. The molecular formula is C28H33N5O5. The lowest BCUT2D eigenvalue weighted by Gasteiger charge is -2.19. The molecule has 3 amide bonds. The molecule has 0 radical (unpaired) electrons. The van der Waals surface area contributed by atoms with Gasteiger partial charge in [0.05, 0.1) is 12.6 Å². The van der Waals surface area contributed by atoms with Crippen LogP contribution in [0.25, 0.3) is 11.1 Å². The molecule has 0 unspecified atom stereocenters. The minimum atomic E-state index is -1.29. The second kappa shape index (κ2) is 13.3. The van der Waals surface area contributed by atoms with Crippen LogP contribution in [0.15, 0.2) is 72.8 Å². The van der Waals surface area contributed by atoms with Gasteiger partial charge in [-0.2, -0.15) is 0 Å². The molecule has 0 fully saturated rings. The number of nitrogens with one attached hydrogen (secondary N) is 4. The SMILES string of the molecule is C[C@@H](O)[C@H](NC(=O)c1ccc(-c2ccc(NC(=O)CNCc3ccc(N(C)C)cc3)cc2)cc1)C(=O)NO. The van der Waals surface area contributed by atoms with E-state index in [-0.39, 0.29) is 18.0 Å². The lowest BCUT2D eigenvalue weighted by Crippen LogP contribution is -2.51. The number of aliphatic hydroxyl groups excluding tert-OH is 1. The number of hydroxylamine groups is 1. The fourth-order valence-electron chi connectivity index (χ4n) is 3.70. The van der Waals surface area contributed by atoms with Gasteiger partial charge in [-0.3, -0.25) is 19.6 Å². The van der Waals surface area contributed by atoms with E-state index in [0.717, 1.165) is 22.4 Å². The van der Waals surface area contributed by atoms with E-state index in [9.17, 15) is 19.5 Å². The molecule has 3 rings (SSSR count). The van der Waals surface area contributed by atoms with E-state index in [1.165, 1.54) is 12.4 Å². The van der Waals surface area contributed by atoms with Gasteiger partial charge in [0.2, 0.25) is 5.91 Å². The van der Waals surface area contributed by atoms with Gasteiger partial charge in [0.15, 0.2) is 0 Å². The first kappa shape index (κ1) is 28.3. The van der Waals surface area contributed by atoms with Crippen LogP contribution >= 0.6 is 0 Å². The zero-order chi connectivity index (χ0) is 27.7. The number of nitrogens with zero attached hydrogens (tertiary/aromatic N) is 1. The van der Waals surface area contributed by atoms with Crippen molar-refractivity contribution in [2.24, 2.45) is 0 Å². The molecule has 0 aliphatic heterocycles. The fourth-order valence-corrected chi connectivity index (χ4v) is 3.70. The molecule has 2 atom stereocenters. The molecule has 6 N–H and O–H groups in total. The van der Waals surface area contributed by atoms with Gasteiger partial charge in [0.1, 0.15) is 6.04 Å². The highest BCUT2D eigenvalue weighted by atomic mass is 16.5. The number of rotatable bonds is 11. The van der Waals surface area contributed by atoms with Gasteiger partial charge in [-0.15, -0.1) is 0 Å². The molecule has 0 aliphatic carbocycles. The Morgan fingerprint density at radius 2 is 1.45 bits per heavy atom. The Morgan fingerprint density at radius 1 is 0.868 bits per heavy atom. The van der Waals surface area contributed by atoms with Gasteiger partial charge in [-0.05, 0) is 60.0 Å². The van der Waals surface area contributed by atoms with Crippen LogP contribution < -0.4 is 26.3 Å². The van der Waals surface area contributed by atoms with Gasteiger partial charge in [0, 0.05) is 37.6 Å². The highest BCUT2D eigenvalue weighted by Crippen LogP contribution is 2.22. The Morgan fingerprint density at radius 3 is 1.97 bits per heavy atom. The first-order valence-electron chi connectivity index (χ1n) is 12.1. The van der Waals surface area contributed by atoms with Gasteiger partial charge < -0.3 is 26.0 Å². The predicted octanol–water partition coefficient (Wildman–Crippen LogP) is 2.13. The third-order valence-electron chi connectivity index (χ3n) is 5.88. The second-order valence-corrected chi connectivity index (χ2v) is 9.04. The van der Waals surface area contributed by atoms with Crippen molar-refractivity contribution in [3.63, 3.8) is 0 Å². The largest absolute Gasteiger partial charge is 0.391 e. The molecule has 0 bridgehead atoms. The van der Waals surface area contributed by atoms with Gasteiger partial charge in [0.25, 0.3) is 11.8 Å². The summed E-state index contributed by atoms with van der Waals surface area (Å²) in [6, 6.07) is 20.8. The highest BCUT2D eigenvalue weighted by Gasteiger charge is 2.25. The number of hydrogen-bond acceptors (Lipinski definition) is 7. The molecule has 38 heavy (non-hydrogen) atoms. The molecule has 0 spiro atoms. The first-order valence-corrected chi connectivity index (χ1v) is 12.1. The van der Waals surface area contributed by atoms with Crippen molar-refractivity contribution in [3.8, 4) is 11.1 Å². The van der Waals surface area contributed by atoms with E-state index in [4.69, 9.17) is 5.21 Å². The van der Waals surface area contributed by atoms with Crippen molar-refractivity contribution in [1.29, 1.82) is 0 Å². The van der Waals surface area contributed by atoms with Crippen molar-refractivity contribution in [1.82, 2.24) is 16.1 Å². The summed E-state index contributed by atoms with van der Waals surface area (Å²) in [5, 5.41) is 26.9. The summed E-state index contributed by atoms with van der Waals surface area (Å²) < 4.78 is 0. The smallest absolute Gasteiger partial charge is 0.268 e. The Labute approximate surface area is 221 Å². The zero-order valence-electron chi connectivity index (χ0n) is 21.6. The van der Waals surface area contributed by atoms with Gasteiger partial charge >= 0.3 is 0 Å². The fraction of sp³-hybridized carbons (Fsp3) is 0.250. The van der Waals surface area contributed by atoms with E-state index in [1.54, 1.807) is 36.4 Å². The lowest BCUT2D eigenvalue weighted by atomic mass is 10.0. The van der Waals surface area contributed by atoms with Crippen LogP contribution in [0.3, 0.4) is 0 Å². The average Bonchev–Trinajstić information content (AvgIpc) is 2.91. The van der Waals surface area contributed by atoms with Crippen LogP contribution in [0.2, 0.25) is 0 Å². The third kappa shape index (κ3) is 7.87. The van der Waals surface area contributed by atoms with Crippen LogP contribution in [-0.4, -0.2) is 60.8 Å². The first-order chi connectivity index (χ1) is 18.2. The molecule has 200 valence electrons. The van der Waals surface area contributed by atoms with Crippen LogP contribution in [-0.2, 0) is 16.1 Å². The van der Waals surface area contributed by atoms with Crippen LogP contribution in [0.1, 0.15) is 22.8 Å². The van der Waals surface area contributed by atoms with Crippen molar-refractivity contribution in [2.45, 2.75) is 25.6 Å². The lowest BCUT2D eigenvalue weighted by molar-refractivity contribution is -0.133. The van der Waals surface area contributed by atoms with E-state index in [2.05, 4.69) is 16.0 Å². The van der Waals surface area contributed by atoms with Gasteiger partial charge in [-0.1, -0.05) is 36.4 Å². The van der Waals surface area contributed by atoms with Crippen molar-refractivity contribution in [3.05, 3.63) is 83.9 Å². The minimum Gasteiger partial charge on any atom is -0.391 e. The zero-order valence-corrected chi connectivity index (χ0v) is 21.6. The number of benzene rings is 3. The Hall–Kier alpha value is -4.25. The van der Waals surface area contributed by atoms with Crippen LogP contribution in [0.5, 0.6) is 0 Å². The number of hydrogen-bond donors (Lipinski definition) is 6. The quantitative estimate of drug-likeness (QED) is 0.168. The molecule has 0 heterocycles. The number of carbonyl (C=O) groups is 3. The molecule has 10 nitrogen and oxygen atoms in total. The molecular weight excluding hydrogens is 486 g/mol. The van der Waals surface area contributed by atoms with Crippen molar-refractivity contribution in [2.75, 3.05) is 30.9 Å². The van der Waals surface area contributed by atoms with Crippen molar-refractivity contribution >= 4 is 29.1 Å². The second-order valence-electron chi connectivity index (χ2n) is 9.04. The average molecular weight is 520 g/mol. The van der Waals surface area contributed by atoms with E-state index in [0.29, 0.717) is 12.2 Å². The number of anilines is 2. The summed E-state index contributed by atoms with van der Waals surface area (Å²) in [5.74, 6) is -1.63. The summed E-state index contributed by atoms with van der Waals surface area (Å²) >= 11 is 0. The van der Waals surface area contributed by atoms with E-state index >= 15 is 0 Å². The summed E-state index contributed by atoms with van der Waals surface area (Å²) in [7, 11) is 3.97. The topological polar surface area (TPSA) is 143 Å². The maximum absolute atomic E-state index is 12.4. The standard InChI is InChI=1S/C28H33N5O5/c1-18(34)26(28(37)32-38)31-27(36)22-8-6-20(7-9-22)21-10-12-23(13-11-21)30-25(35)17-29-16-19-4-14-24(15-5-19)33(2)3/h4-15,18,26,29,34,38H,16-17H2,1-3H3,(H,30,35)(H,31,36)(H,32,37)/t18-,26+/m1/s1. The molecule has 0 aliphatic rings. The van der Waals surface area contributed by atoms with E-state index in [1.807, 2.05) is 55.4 Å². The molecule has 10 heteroatoms. The van der Waals surface area contributed by atoms with Crippen LogP contribution in [0, 0.1) is 0 Å². The maximum atomic E-state index is 12.4. The Balaban J connectivity index is 1.51. The number of aliphatic hydroxyl groups is 1. The maximum Gasteiger partial charge on any atom is 0.268 e. The normalized spacial score (nSPS) is 12.2. The Kier molecular flexibility index (Phi) is 9.94.